The minimum Gasteiger partial charge on any atom is -1.00 e. The van der Waals surface area contributed by atoms with E-state index in [0.29, 0.717) is 0 Å². The number of hydrogen-bond donors (Lipinski definition) is 0. The van der Waals surface area contributed by atoms with Gasteiger partial charge in [-0.1, -0.05) is 70.8 Å². The molecule has 0 amide bonds. The number of benzene rings is 3. The van der Waals surface area contributed by atoms with Gasteiger partial charge < -0.3 is 24.8 Å². The van der Waals surface area contributed by atoms with Crippen LogP contribution in [0.1, 0.15) is 16.7 Å². The minimum absolute atomic E-state index is 0. The van der Waals surface area contributed by atoms with Gasteiger partial charge >= 0.3 is 41.9 Å². The molecule has 4 aromatic rings. The van der Waals surface area contributed by atoms with Gasteiger partial charge in [0.15, 0.2) is 0 Å². The molecule has 31 heavy (non-hydrogen) atoms. The second-order valence-electron chi connectivity index (χ2n) is 7.38. The molecule has 0 spiro atoms. The number of aryl methyl sites for hydroxylation is 1. The van der Waals surface area contributed by atoms with Crippen LogP contribution < -0.4 is 24.8 Å². The van der Waals surface area contributed by atoms with Gasteiger partial charge in [-0.3, -0.25) is 0 Å². The molecular weight excluding hydrogens is 515 g/mol. The molecule has 158 valence electrons. The van der Waals surface area contributed by atoms with Crippen molar-refractivity contribution in [2.45, 2.75) is 26.4 Å². The summed E-state index contributed by atoms with van der Waals surface area (Å²) < 4.78 is 0. The molecule has 0 heterocycles. The fourth-order valence-electron chi connectivity index (χ4n) is 3.45. The van der Waals surface area contributed by atoms with Crippen LogP contribution in [0.25, 0.3) is 22.3 Å². The maximum atomic E-state index is 3.30. The Morgan fingerprint density at radius 2 is 1.45 bits per heavy atom. The summed E-state index contributed by atoms with van der Waals surface area (Å²) >= 11 is 1.74. The normalized spacial score (nSPS) is 9.97. The van der Waals surface area contributed by atoms with Crippen LogP contribution in [0.2, 0.25) is 13.1 Å². The molecule has 0 saturated carbocycles. The SMILES string of the molecule is C[Si](C)=[Zr+2].Cc1ccccc1-c1cc[cH-]c1.[Cl-].[Cl-].[c-]1cccc2c1Cc1ccccc1-2. The van der Waals surface area contributed by atoms with Crippen molar-refractivity contribution in [3.8, 4) is 22.3 Å². The summed E-state index contributed by atoms with van der Waals surface area (Å²) in [6.07, 6.45) is 1.05. The molecule has 1 aliphatic rings. The van der Waals surface area contributed by atoms with Crippen LogP contribution in [0.5, 0.6) is 0 Å². The summed E-state index contributed by atoms with van der Waals surface area (Å²) in [5.41, 5.74) is 9.71. The molecule has 1 aliphatic carbocycles. The van der Waals surface area contributed by atoms with E-state index >= 15 is 0 Å². The Labute approximate surface area is 214 Å². The molecular formula is C27H26Cl2SiZr-2. The van der Waals surface area contributed by atoms with Crippen molar-refractivity contribution in [2.75, 3.05) is 0 Å². The van der Waals surface area contributed by atoms with Crippen LogP contribution in [0.4, 0.5) is 0 Å². The predicted molar refractivity (Wildman–Crippen MR) is 123 cm³/mol. The third kappa shape index (κ3) is 7.95. The minimum atomic E-state index is 0. The molecule has 0 aliphatic heterocycles. The molecule has 0 fully saturated rings. The maximum absolute atomic E-state index is 3.30. The van der Waals surface area contributed by atoms with Gasteiger partial charge in [0.1, 0.15) is 0 Å². The van der Waals surface area contributed by atoms with Crippen molar-refractivity contribution in [1.82, 2.24) is 0 Å². The Hall–Kier alpha value is -1.31. The molecule has 0 N–H and O–H groups in total. The Morgan fingerprint density at radius 3 is 2.10 bits per heavy atom. The molecule has 0 saturated heterocycles. The Morgan fingerprint density at radius 1 is 0.839 bits per heavy atom. The quantitative estimate of drug-likeness (QED) is 0.222. The van der Waals surface area contributed by atoms with E-state index in [4.69, 9.17) is 0 Å². The molecule has 0 atom stereocenters. The van der Waals surface area contributed by atoms with Crippen LogP contribution in [-0.2, 0) is 29.8 Å². The van der Waals surface area contributed by atoms with E-state index in [0.717, 1.165) is 6.42 Å². The monoisotopic (exact) mass is 538 g/mol. The Balaban J connectivity index is 0.000000252. The average molecular weight is 541 g/mol. The molecule has 0 bridgehead atoms. The summed E-state index contributed by atoms with van der Waals surface area (Å²) in [5, 5.41) is 0. The van der Waals surface area contributed by atoms with Gasteiger partial charge in [0.25, 0.3) is 0 Å². The summed E-state index contributed by atoms with van der Waals surface area (Å²) in [5.74, 6) is 0. The first kappa shape index (κ1) is 27.7. The second kappa shape index (κ2) is 14.0. The number of rotatable bonds is 1. The van der Waals surface area contributed by atoms with E-state index in [-0.39, 0.29) is 30.2 Å². The van der Waals surface area contributed by atoms with E-state index in [1.54, 1.807) is 23.3 Å². The number of halogens is 2. The largest absolute Gasteiger partial charge is 1.00 e. The van der Waals surface area contributed by atoms with Gasteiger partial charge in [-0.2, -0.15) is 53.6 Å². The third-order valence-corrected chi connectivity index (χ3v) is 4.74. The Kier molecular flexibility index (Phi) is 12.5. The zero-order valence-electron chi connectivity index (χ0n) is 18.1. The molecule has 4 heteroatoms. The molecule has 0 unspecified atom stereocenters. The molecule has 0 radical (unpaired) electrons. The van der Waals surface area contributed by atoms with Crippen molar-refractivity contribution in [1.29, 1.82) is 0 Å². The van der Waals surface area contributed by atoms with E-state index in [1.165, 1.54) is 38.9 Å². The van der Waals surface area contributed by atoms with Gasteiger partial charge in [-0.15, -0.1) is 5.56 Å². The topological polar surface area (TPSA) is 0 Å². The second-order valence-corrected chi connectivity index (χ2v) is 16.8. The van der Waals surface area contributed by atoms with Crippen molar-refractivity contribution in [3.05, 3.63) is 114 Å². The van der Waals surface area contributed by atoms with E-state index in [1.807, 2.05) is 6.07 Å². The standard InChI is InChI=1S/C13H9.C12H11.C2H6Si.2ClH.Zr/c1-3-7-12-10(5-1)9-11-6-2-4-8-13(11)12;1-10-6-2-5-9-12(10)11-7-3-4-8-11;1-3-2;;;/h1-5,7-8H,9H2;2-9H,1H3;1-2H3;2*1H;/q2*-1;;;;+2/p-2. The van der Waals surface area contributed by atoms with Crippen molar-refractivity contribution < 1.29 is 48.1 Å². The van der Waals surface area contributed by atoms with Gasteiger partial charge in [0.05, 0.1) is 0 Å². The van der Waals surface area contributed by atoms with Crippen LogP contribution in [0.3, 0.4) is 0 Å². The fourth-order valence-corrected chi connectivity index (χ4v) is 3.45. The van der Waals surface area contributed by atoms with Crippen LogP contribution >= 0.6 is 0 Å². The van der Waals surface area contributed by atoms with Crippen LogP contribution in [-0.4, -0.2) is 5.43 Å². The van der Waals surface area contributed by atoms with Crippen molar-refractivity contribution in [3.63, 3.8) is 0 Å². The van der Waals surface area contributed by atoms with Crippen LogP contribution in [0.15, 0.2) is 91.0 Å². The molecule has 5 rings (SSSR count). The number of fused-ring (bicyclic) bond motifs is 3. The maximum Gasteiger partial charge on any atom is -0.0253 e. The summed E-state index contributed by atoms with van der Waals surface area (Å²) in [7, 11) is 0. The predicted octanol–water partition coefficient (Wildman–Crippen LogP) is 1.23. The first-order chi connectivity index (χ1) is 14.1. The van der Waals surface area contributed by atoms with Gasteiger partial charge in [0.2, 0.25) is 0 Å². The summed E-state index contributed by atoms with van der Waals surface area (Å²) in [4.78, 5) is 0. The fraction of sp³-hybridized carbons (Fsp3) is 0.148. The van der Waals surface area contributed by atoms with Crippen LogP contribution in [0, 0.1) is 13.0 Å². The average Bonchev–Trinajstić information content (AvgIpc) is 3.36. The van der Waals surface area contributed by atoms with Crippen molar-refractivity contribution in [2.24, 2.45) is 0 Å². The van der Waals surface area contributed by atoms with E-state index < -0.39 is 0 Å². The zero-order chi connectivity index (χ0) is 20.6. The zero-order valence-corrected chi connectivity index (χ0v) is 23.1. The van der Waals surface area contributed by atoms with Gasteiger partial charge in [-0.05, 0) is 13.3 Å². The van der Waals surface area contributed by atoms with E-state index in [2.05, 4.69) is 111 Å². The van der Waals surface area contributed by atoms with Crippen molar-refractivity contribution >= 4 is 5.43 Å². The van der Waals surface area contributed by atoms with Gasteiger partial charge in [0, 0.05) is 0 Å². The third-order valence-electron chi connectivity index (χ3n) is 4.74. The molecule has 0 aromatic heterocycles. The number of hydrogen-bond acceptors (Lipinski definition) is 0. The molecule has 4 aromatic carbocycles. The Bertz CT molecular complexity index is 1040. The first-order valence-corrected chi connectivity index (χ1v) is 16.1. The summed E-state index contributed by atoms with van der Waals surface area (Å²) in [6, 6.07) is 35.0. The first-order valence-electron chi connectivity index (χ1n) is 9.93. The summed E-state index contributed by atoms with van der Waals surface area (Å²) in [6.45, 7) is 6.76. The molecule has 0 nitrogen and oxygen atoms in total. The van der Waals surface area contributed by atoms with E-state index in [9.17, 15) is 0 Å². The van der Waals surface area contributed by atoms with Gasteiger partial charge in [-0.25, -0.2) is 6.07 Å². The smallest absolute Gasteiger partial charge is 0.0253 e.